The third-order valence-corrected chi connectivity index (χ3v) is 4.01. The largest absolute Gasteiger partial charge is 0.322 e. The van der Waals surface area contributed by atoms with Crippen molar-refractivity contribution in [3.05, 3.63) is 62.7 Å². The normalized spacial score (nSPS) is 10.7. The Balaban J connectivity index is 1.79. The lowest BCUT2D eigenvalue weighted by molar-refractivity contribution is -0.385. The van der Waals surface area contributed by atoms with Crippen molar-refractivity contribution in [2.24, 2.45) is 7.05 Å². The highest BCUT2D eigenvalue weighted by molar-refractivity contribution is 6.31. The number of benzene rings is 1. The summed E-state index contributed by atoms with van der Waals surface area (Å²) in [6, 6.07) is 7.29. The van der Waals surface area contributed by atoms with Crippen LogP contribution in [0.3, 0.4) is 0 Å². The zero-order chi connectivity index (χ0) is 18.8. The van der Waals surface area contributed by atoms with Crippen molar-refractivity contribution in [3.63, 3.8) is 0 Å². The molecule has 1 aromatic carbocycles. The number of carbonyl (C=O) groups excluding carboxylic acids is 1. The van der Waals surface area contributed by atoms with Crippen molar-refractivity contribution in [1.82, 2.24) is 24.5 Å². The molecule has 1 N–H and O–H groups in total. The van der Waals surface area contributed by atoms with Crippen LogP contribution < -0.4 is 5.32 Å². The van der Waals surface area contributed by atoms with Crippen LogP contribution >= 0.6 is 11.6 Å². The first-order chi connectivity index (χ1) is 12.4. The Bertz CT molecular complexity index is 995. The molecule has 3 rings (SSSR count). The summed E-state index contributed by atoms with van der Waals surface area (Å²) >= 11 is 6.11. The molecule has 0 unspecified atom stereocenters. The summed E-state index contributed by atoms with van der Waals surface area (Å²) < 4.78 is 2.66. The minimum atomic E-state index is -0.713. The van der Waals surface area contributed by atoms with Crippen LogP contribution in [0.25, 0.3) is 0 Å². The molecule has 0 saturated heterocycles. The molecule has 26 heavy (non-hydrogen) atoms. The molecule has 3 aromatic rings. The molecule has 0 aliphatic carbocycles. The van der Waals surface area contributed by atoms with Crippen molar-refractivity contribution in [1.29, 1.82) is 0 Å². The SMILES string of the molecule is Cc1nn(C)c(C(=O)Nc2ncn(Cc3ccccc3Cl)n2)c1[N+](=O)[O-]. The second-order valence-electron chi connectivity index (χ2n) is 5.47. The summed E-state index contributed by atoms with van der Waals surface area (Å²) in [5.74, 6) is -0.689. The molecule has 2 heterocycles. The predicted octanol–water partition coefficient (Wildman–Crippen LogP) is 2.18. The van der Waals surface area contributed by atoms with E-state index in [1.807, 2.05) is 18.2 Å². The van der Waals surface area contributed by atoms with Gasteiger partial charge >= 0.3 is 5.69 Å². The number of hydrogen-bond donors (Lipinski definition) is 1. The van der Waals surface area contributed by atoms with E-state index < -0.39 is 10.8 Å². The van der Waals surface area contributed by atoms with E-state index in [4.69, 9.17) is 11.6 Å². The molecule has 0 aliphatic rings. The van der Waals surface area contributed by atoms with Crippen LogP contribution in [0.4, 0.5) is 11.6 Å². The minimum Gasteiger partial charge on any atom is -0.288 e. The lowest BCUT2D eigenvalue weighted by Gasteiger charge is -2.03. The van der Waals surface area contributed by atoms with Gasteiger partial charge in [-0.3, -0.25) is 24.9 Å². The van der Waals surface area contributed by atoms with Crippen LogP contribution in [0.2, 0.25) is 5.02 Å². The second kappa shape index (κ2) is 6.92. The number of anilines is 1. The smallest absolute Gasteiger partial charge is 0.288 e. The molecule has 0 bridgehead atoms. The monoisotopic (exact) mass is 375 g/mol. The van der Waals surface area contributed by atoms with E-state index >= 15 is 0 Å². The number of halogens is 1. The van der Waals surface area contributed by atoms with Crippen molar-refractivity contribution in [3.8, 4) is 0 Å². The number of amides is 1. The summed E-state index contributed by atoms with van der Waals surface area (Å²) in [5, 5.41) is 22.3. The van der Waals surface area contributed by atoms with Crippen LogP contribution in [0.5, 0.6) is 0 Å². The Morgan fingerprint density at radius 3 is 2.77 bits per heavy atom. The van der Waals surface area contributed by atoms with Gasteiger partial charge in [0.15, 0.2) is 0 Å². The van der Waals surface area contributed by atoms with Crippen molar-refractivity contribution >= 4 is 29.1 Å². The molecular weight excluding hydrogens is 362 g/mol. The van der Waals surface area contributed by atoms with Crippen LogP contribution in [-0.2, 0) is 13.6 Å². The van der Waals surface area contributed by atoms with Gasteiger partial charge in [0, 0.05) is 12.1 Å². The van der Waals surface area contributed by atoms with Gasteiger partial charge in [-0.25, -0.2) is 9.67 Å². The topological polar surface area (TPSA) is 121 Å². The maximum atomic E-state index is 12.4. The zero-order valence-corrected chi connectivity index (χ0v) is 14.6. The molecule has 0 radical (unpaired) electrons. The van der Waals surface area contributed by atoms with Crippen LogP contribution in [0.1, 0.15) is 21.7 Å². The van der Waals surface area contributed by atoms with E-state index in [1.54, 1.807) is 6.07 Å². The Kier molecular flexibility index (Phi) is 4.67. The molecule has 10 nitrogen and oxygen atoms in total. The molecule has 134 valence electrons. The highest BCUT2D eigenvalue weighted by atomic mass is 35.5. The number of rotatable bonds is 5. The van der Waals surface area contributed by atoms with Crippen LogP contribution in [-0.4, -0.2) is 35.4 Å². The minimum absolute atomic E-state index is 0.0233. The Morgan fingerprint density at radius 2 is 2.08 bits per heavy atom. The van der Waals surface area contributed by atoms with E-state index in [-0.39, 0.29) is 23.0 Å². The molecule has 0 fully saturated rings. The van der Waals surface area contributed by atoms with Crippen LogP contribution in [0.15, 0.2) is 30.6 Å². The highest BCUT2D eigenvalue weighted by Gasteiger charge is 2.29. The first-order valence-electron chi connectivity index (χ1n) is 7.49. The molecule has 0 atom stereocenters. The summed E-state index contributed by atoms with van der Waals surface area (Å²) in [4.78, 5) is 26.9. The Hall–Kier alpha value is -3.27. The van der Waals surface area contributed by atoms with Crippen molar-refractivity contribution in [2.75, 3.05) is 5.32 Å². The Morgan fingerprint density at radius 1 is 1.35 bits per heavy atom. The summed E-state index contributed by atoms with van der Waals surface area (Å²) in [5.41, 5.74) is 0.477. The fourth-order valence-corrected chi connectivity index (χ4v) is 2.71. The van der Waals surface area contributed by atoms with Gasteiger partial charge in [0.25, 0.3) is 5.91 Å². The maximum Gasteiger partial charge on any atom is 0.322 e. The molecule has 0 saturated carbocycles. The van der Waals surface area contributed by atoms with E-state index in [0.29, 0.717) is 11.6 Å². The number of aromatic nitrogens is 5. The summed E-state index contributed by atoms with van der Waals surface area (Å²) in [7, 11) is 1.46. The number of carbonyl (C=O) groups is 1. The first-order valence-corrected chi connectivity index (χ1v) is 7.86. The van der Waals surface area contributed by atoms with Gasteiger partial charge < -0.3 is 0 Å². The van der Waals surface area contributed by atoms with Crippen LogP contribution in [0, 0.1) is 17.0 Å². The lowest BCUT2D eigenvalue weighted by atomic mass is 10.2. The third kappa shape index (κ3) is 3.40. The zero-order valence-electron chi connectivity index (χ0n) is 13.9. The fourth-order valence-electron chi connectivity index (χ4n) is 2.51. The number of nitrogens with zero attached hydrogens (tertiary/aromatic N) is 6. The van der Waals surface area contributed by atoms with E-state index in [1.165, 1.54) is 25.0 Å². The van der Waals surface area contributed by atoms with Gasteiger partial charge in [-0.15, -0.1) is 5.10 Å². The summed E-state index contributed by atoms with van der Waals surface area (Å²) in [6.07, 6.45) is 1.43. The molecule has 1 amide bonds. The lowest BCUT2D eigenvalue weighted by Crippen LogP contribution is -2.18. The number of aryl methyl sites for hydroxylation is 2. The first kappa shape index (κ1) is 17.5. The number of nitrogens with one attached hydrogen (secondary N) is 1. The molecule has 0 spiro atoms. The van der Waals surface area contributed by atoms with Gasteiger partial charge in [-0.2, -0.15) is 5.10 Å². The Labute approximate surface area is 152 Å². The molecule has 2 aromatic heterocycles. The van der Waals surface area contributed by atoms with Gasteiger partial charge in [0.1, 0.15) is 12.0 Å². The average molecular weight is 376 g/mol. The average Bonchev–Trinajstić information content (AvgIpc) is 3.13. The van der Waals surface area contributed by atoms with Crippen molar-refractivity contribution in [2.45, 2.75) is 13.5 Å². The van der Waals surface area contributed by atoms with Gasteiger partial charge in [0.2, 0.25) is 11.6 Å². The molecule has 0 aliphatic heterocycles. The van der Waals surface area contributed by atoms with E-state index in [2.05, 4.69) is 20.5 Å². The predicted molar refractivity (Wildman–Crippen MR) is 93.1 cm³/mol. The van der Waals surface area contributed by atoms with E-state index in [0.717, 1.165) is 10.2 Å². The second-order valence-corrected chi connectivity index (χ2v) is 5.88. The summed E-state index contributed by atoms with van der Waals surface area (Å²) in [6.45, 7) is 1.83. The highest BCUT2D eigenvalue weighted by Crippen LogP contribution is 2.23. The quantitative estimate of drug-likeness (QED) is 0.539. The number of hydrogen-bond acceptors (Lipinski definition) is 6. The van der Waals surface area contributed by atoms with Gasteiger partial charge in [0.05, 0.1) is 11.5 Å². The fraction of sp³-hybridized carbons (Fsp3) is 0.200. The standard InChI is InChI=1S/C15H14ClN7O3/c1-9-12(23(25)26)13(21(2)19-9)14(24)18-15-17-8-22(20-15)7-10-5-3-4-6-11(10)16/h3-6,8H,7H2,1-2H3,(H,18,20,24). The maximum absolute atomic E-state index is 12.4. The number of nitro groups is 1. The van der Waals surface area contributed by atoms with Gasteiger partial charge in [-0.1, -0.05) is 29.8 Å². The van der Waals surface area contributed by atoms with E-state index in [9.17, 15) is 14.9 Å². The third-order valence-electron chi connectivity index (χ3n) is 3.64. The van der Waals surface area contributed by atoms with Gasteiger partial charge in [-0.05, 0) is 18.6 Å². The molecular formula is C15H14ClN7O3. The van der Waals surface area contributed by atoms with Crippen molar-refractivity contribution < 1.29 is 9.72 Å². The molecule has 11 heteroatoms.